The summed E-state index contributed by atoms with van der Waals surface area (Å²) in [6.07, 6.45) is 1.24. The normalized spacial score (nSPS) is 20.0. The SMILES string of the molecule is Nc1cc(I)c(F)cc1NCC1CCSC1. The van der Waals surface area contributed by atoms with Crippen LogP contribution in [0.1, 0.15) is 6.42 Å². The molecule has 2 rings (SSSR count). The van der Waals surface area contributed by atoms with Gasteiger partial charge in [0.05, 0.1) is 14.9 Å². The van der Waals surface area contributed by atoms with Gasteiger partial charge in [0.2, 0.25) is 0 Å². The zero-order chi connectivity index (χ0) is 11.5. The first kappa shape index (κ1) is 12.3. The lowest BCUT2D eigenvalue weighted by Gasteiger charge is -2.13. The number of hydrogen-bond donors (Lipinski definition) is 2. The smallest absolute Gasteiger partial charge is 0.138 e. The van der Waals surface area contributed by atoms with Crippen molar-refractivity contribution >= 4 is 45.7 Å². The second-order valence-corrected chi connectivity index (χ2v) is 6.28. The first-order valence-electron chi connectivity index (χ1n) is 5.23. The lowest BCUT2D eigenvalue weighted by atomic mass is 10.1. The van der Waals surface area contributed by atoms with Gasteiger partial charge in [-0.25, -0.2) is 4.39 Å². The number of nitrogens with one attached hydrogen (secondary N) is 1. The Labute approximate surface area is 113 Å². The fourth-order valence-corrected chi connectivity index (χ4v) is 3.49. The van der Waals surface area contributed by atoms with Crippen LogP contribution >= 0.6 is 34.4 Å². The van der Waals surface area contributed by atoms with Crippen LogP contribution in [0.4, 0.5) is 15.8 Å². The van der Waals surface area contributed by atoms with Crippen LogP contribution in [-0.4, -0.2) is 18.1 Å². The maximum atomic E-state index is 13.4. The van der Waals surface area contributed by atoms with E-state index in [-0.39, 0.29) is 5.82 Å². The molecule has 1 aromatic carbocycles. The Balaban J connectivity index is 2.00. The molecule has 0 bridgehead atoms. The van der Waals surface area contributed by atoms with Crippen molar-refractivity contribution in [2.45, 2.75) is 6.42 Å². The fraction of sp³-hybridized carbons (Fsp3) is 0.455. The maximum absolute atomic E-state index is 13.4. The van der Waals surface area contributed by atoms with Crippen molar-refractivity contribution in [2.75, 3.05) is 29.1 Å². The third-order valence-electron chi connectivity index (χ3n) is 2.70. The van der Waals surface area contributed by atoms with Gasteiger partial charge in [0.25, 0.3) is 0 Å². The minimum absolute atomic E-state index is 0.210. The first-order valence-corrected chi connectivity index (χ1v) is 7.46. The molecule has 1 fully saturated rings. The zero-order valence-electron chi connectivity index (χ0n) is 8.80. The minimum atomic E-state index is -0.210. The molecule has 0 aromatic heterocycles. The summed E-state index contributed by atoms with van der Waals surface area (Å²) in [6, 6.07) is 3.15. The quantitative estimate of drug-likeness (QED) is 0.648. The lowest BCUT2D eigenvalue weighted by molar-refractivity contribution is 0.617. The third kappa shape index (κ3) is 2.94. The van der Waals surface area contributed by atoms with Gasteiger partial charge >= 0.3 is 0 Å². The van der Waals surface area contributed by atoms with E-state index in [1.807, 2.05) is 34.4 Å². The number of nitrogen functional groups attached to an aromatic ring is 1. The fourth-order valence-electron chi connectivity index (χ4n) is 1.71. The second kappa shape index (κ2) is 5.44. The molecule has 16 heavy (non-hydrogen) atoms. The number of hydrogen-bond acceptors (Lipinski definition) is 3. The van der Waals surface area contributed by atoms with Crippen molar-refractivity contribution in [3.63, 3.8) is 0 Å². The van der Waals surface area contributed by atoms with Crippen LogP contribution in [0.3, 0.4) is 0 Å². The number of rotatable bonds is 3. The molecule has 0 spiro atoms. The average Bonchev–Trinajstić information content (AvgIpc) is 2.74. The van der Waals surface area contributed by atoms with Crippen LogP contribution in [0, 0.1) is 15.3 Å². The molecule has 0 radical (unpaired) electrons. The highest BCUT2D eigenvalue weighted by Gasteiger charge is 2.15. The minimum Gasteiger partial charge on any atom is -0.397 e. The molecule has 1 heterocycles. The van der Waals surface area contributed by atoms with Crippen molar-refractivity contribution in [2.24, 2.45) is 5.92 Å². The molecule has 1 saturated heterocycles. The largest absolute Gasteiger partial charge is 0.397 e. The predicted molar refractivity (Wildman–Crippen MR) is 77.5 cm³/mol. The van der Waals surface area contributed by atoms with E-state index in [0.717, 1.165) is 12.2 Å². The number of halogens is 2. The van der Waals surface area contributed by atoms with E-state index in [1.165, 1.54) is 24.0 Å². The van der Waals surface area contributed by atoms with E-state index in [2.05, 4.69) is 5.32 Å². The highest BCUT2D eigenvalue weighted by atomic mass is 127. The van der Waals surface area contributed by atoms with E-state index < -0.39 is 0 Å². The number of nitrogens with two attached hydrogens (primary N) is 1. The predicted octanol–water partition coefficient (Wildman–Crippen LogP) is 3.18. The molecule has 3 N–H and O–H groups in total. The summed E-state index contributed by atoms with van der Waals surface area (Å²) in [6.45, 7) is 0.886. The molecule has 0 saturated carbocycles. The molecule has 0 aliphatic carbocycles. The number of anilines is 2. The van der Waals surface area contributed by atoms with Gasteiger partial charge < -0.3 is 11.1 Å². The van der Waals surface area contributed by atoms with E-state index >= 15 is 0 Å². The van der Waals surface area contributed by atoms with Crippen molar-refractivity contribution in [3.05, 3.63) is 21.5 Å². The van der Waals surface area contributed by atoms with Gasteiger partial charge in [0.1, 0.15) is 5.82 Å². The van der Waals surface area contributed by atoms with Crippen LogP contribution in [0.25, 0.3) is 0 Å². The Hall–Kier alpha value is -0.170. The van der Waals surface area contributed by atoms with Crippen LogP contribution < -0.4 is 11.1 Å². The van der Waals surface area contributed by atoms with Gasteiger partial charge in [-0.1, -0.05) is 0 Å². The van der Waals surface area contributed by atoms with Crippen LogP contribution in [0.15, 0.2) is 12.1 Å². The summed E-state index contributed by atoms with van der Waals surface area (Å²) < 4.78 is 13.9. The first-order chi connectivity index (χ1) is 7.66. The molecular formula is C11H14FIN2S. The van der Waals surface area contributed by atoms with Crippen LogP contribution in [-0.2, 0) is 0 Å². The Morgan fingerprint density at radius 1 is 1.56 bits per heavy atom. The number of benzene rings is 1. The standard InChI is InChI=1S/C11H14FIN2S/c12-8-3-11(10(14)4-9(8)13)15-5-7-1-2-16-6-7/h3-4,7,15H,1-2,5-6,14H2. The molecule has 1 aliphatic heterocycles. The summed E-state index contributed by atoms with van der Waals surface area (Å²) in [7, 11) is 0. The Morgan fingerprint density at radius 2 is 2.38 bits per heavy atom. The Morgan fingerprint density at radius 3 is 3.06 bits per heavy atom. The van der Waals surface area contributed by atoms with Crippen LogP contribution in [0.5, 0.6) is 0 Å². The summed E-state index contributed by atoms with van der Waals surface area (Å²) in [5.74, 6) is 2.91. The molecule has 5 heteroatoms. The summed E-state index contributed by atoms with van der Waals surface area (Å²) in [5, 5.41) is 3.24. The van der Waals surface area contributed by atoms with Crippen molar-refractivity contribution in [3.8, 4) is 0 Å². The zero-order valence-corrected chi connectivity index (χ0v) is 11.8. The van der Waals surface area contributed by atoms with E-state index in [9.17, 15) is 4.39 Å². The van der Waals surface area contributed by atoms with E-state index in [0.29, 0.717) is 15.2 Å². The maximum Gasteiger partial charge on any atom is 0.138 e. The average molecular weight is 352 g/mol. The molecule has 2 nitrogen and oxygen atoms in total. The number of thioether (sulfide) groups is 1. The van der Waals surface area contributed by atoms with E-state index in [1.54, 1.807) is 6.07 Å². The van der Waals surface area contributed by atoms with Crippen LogP contribution in [0.2, 0.25) is 0 Å². The monoisotopic (exact) mass is 352 g/mol. The molecule has 1 aliphatic rings. The topological polar surface area (TPSA) is 38.0 Å². The summed E-state index contributed by atoms with van der Waals surface area (Å²) >= 11 is 3.93. The van der Waals surface area contributed by atoms with Crippen molar-refractivity contribution in [1.29, 1.82) is 0 Å². The second-order valence-electron chi connectivity index (χ2n) is 3.96. The van der Waals surface area contributed by atoms with Gasteiger partial charge in [0.15, 0.2) is 0 Å². The molecule has 1 aromatic rings. The molecule has 88 valence electrons. The van der Waals surface area contributed by atoms with Gasteiger partial charge in [-0.2, -0.15) is 11.8 Å². The Bertz CT molecular complexity index is 380. The van der Waals surface area contributed by atoms with Gasteiger partial charge in [-0.15, -0.1) is 0 Å². The van der Waals surface area contributed by atoms with E-state index in [4.69, 9.17) is 5.73 Å². The molecule has 1 unspecified atom stereocenters. The summed E-state index contributed by atoms with van der Waals surface area (Å²) in [4.78, 5) is 0. The molecular weight excluding hydrogens is 338 g/mol. The van der Waals surface area contributed by atoms with Crippen molar-refractivity contribution in [1.82, 2.24) is 0 Å². The third-order valence-corrected chi connectivity index (χ3v) is 4.76. The highest BCUT2D eigenvalue weighted by Crippen LogP contribution is 2.27. The highest BCUT2D eigenvalue weighted by molar-refractivity contribution is 14.1. The van der Waals surface area contributed by atoms with Gasteiger partial charge in [0, 0.05) is 12.6 Å². The Kier molecular flexibility index (Phi) is 4.18. The molecule has 1 atom stereocenters. The summed E-state index contributed by atoms with van der Waals surface area (Å²) in [5.41, 5.74) is 7.17. The van der Waals surface area contributed by atoms with Crippen molar-refractivity contribution < 1.29 is 4.39 Å². The lowest BCUT2D eigenvalue weighted by Crippen LogP contribution is -2.14. The van der Waals surface area contributed by atoms with Gasteiger partial charge in [-0.3, -0.25) is 0 Å². The molecule has 0 amide bonds. The van der Waals surface area contributed by atoms with Gasteiger partial charge in [-0.05, 0) is 52.5 Å².